The number of nitrogens with one attached hydrogen (secondary N) is 1. The fraction of sp³-hybridized carbons (Fsp3) is 0.375. The Morgan fingerprint density at radius 1 is 1.18 bits per heavy atom. The molecule has 3 amide bonds. The molecule has 1 unspecified atom stereocenters. The number of pyridine rings is 1. The Balaban J connectivity index is 0.00000149. The lowest BCUT2D eigenvalue weighted by Crippen LogP contribution is -2.52. The molecular formula is C24H25F2N3O4. The van der Waals surface area contributed by atoms with E-state index in [2.05, 4.69) is 10.3 Å². The van der Waals surface area contributed by atoms with Crippen LogP contribution in [-0.4, -0.2) is 39.4 Å². The molecule has 33 heavy (non-hydrogen) atoms. The summed E-state index contributed by atoms with van der Waals surface area (Å²) < 4.78 is 28.6. The summed E-state index contributed by atoms with van der Waals surface area (Å²) >= 11 is 0. The molecule has 1 N–H and O–H groups in total. The number of benzene rings is 1. The van der Waals surface area contributed by atoms with Crippen molar-refractivity contribution >= 4 is 23.5 Å². The maximum atomic E-state index is 14.3. The van der Waals surface area contributed by atoms with Crippen LogP contribution < -0.4 is 5.32 Å². The van der Waals surface area contributed by atoms with E-state index in [0.717, 1.165) is 6.07 Å². The number of Topliss-reactive ketones (excluding diaryl/α,β-unsaturated/α-hetero) is 1. The Morgan fingerprint density at radius 3 is 2.61 bits per heavy atom. The number of piperidine rings is 1. The molecule has 0 aliphatic carbocycles. The normalized spacial score (nSPS) is 17.8. The molecule has 2 aromatic rings. The van der Waals surface area contributed by atoms with E-state index in [4.69, 9.17) is 0 Å². The minimum atomic E-state index is -3.67. The van der Waals surface area contributed by atoms with Crippen molar-refractivity contribution in [2.75, 3.05) is 0 Å². The SMILES string of the molecule is CC.O=C1CCC(N2Cc3cc(CCC(=O)C(F)(F)c4ccccn4)ccc3C2=O)C(=O)N1. The molecule has 7 nitrogen and oxygen atoms in total. The number of imide groups is 1. The van der Waals surface area contributed by atoms with Gasteiger partial charge in [0.25, 0.3) is 5.91 Å². The van der Waals surface area contributed by atoms with Gasteiger partial charge in [0.15, 0.2) is 0 Å². The van der Waals surface area contributed by atoms with E-state index < -0.39 is 29.3 Å². The van der Waals surface area contributed by atoms with E-state index in [1.54, 1.807) is 18.2 Å². The number of carbonyl (C=O) groups excluding carboxylic acids is 4. The molecule has 174 valence electrons. The number of carbonyl (C=O) groups is 4. The van der Waals surface area contributed by atoms with Crippen molar-refractivity contribution in [3.63, 3.8) is 0 Å². The topological polar surface area (TPSA) is 96.4 Å². The Labute approximate surface area is 190 Å². The average Bonchev–Trinajstić information content (AvgIpc) is 3.14. The summed E-state index contributed by atoms with van der Waals surface area (Å²) in [5.41, 5.74) is 1.15. The van der Waals surface area contributed by atoms with Crippen LogP contribution in [0.15, 0.2) is 42.6 Å². The zero-order valence-corrected chi connectivity index (χ0v) is 18.4. The molecule has 2 aliphatic rings. The lowest BCUT2D eigenvalue weighted by molar-refractivity contribution is -0.145. The van der Waals surface area contributed by atoms with Gasteiger partial charge in [-0.25, -0.2) is 0 Å². The van der Waals surface area contributed by atoms with Gasteiger partial charge in [0.1, 0.15) is 11.7 Å². The quantitative estimate of drug-likeness (QED) is 0.673. The molecule has 0 spiro atoms. The summed E-state index contributed by atoms with van der Waals surface area (Å²) in [6.45, 7) is 4.19. The monoisotopic (exact) mass is 457 g/mol. The number of halogens is 2. The second-order valence-corrected chi connectivity index (χ2v) is 7.60. The second kappa shape index (κ2) is 9.97. The van der Waals surface area contributed by atoms with Crippen LogP contribution >= 0.6 is 0 Å². The fourth-order valence-corrected chi connectivity index (χ4v) is 3.89. The smallest absolute Gasteiger partial charge is 0.322 e. The van der Waals surface area contributed by atoms with Crippen molar-refractivity contribution in [2.24, 2.45) is 0 Å². The molecule has 1 aromatic heterocycles. The van der Waals surface area contributed by atoms with E-state index in [-0.39, 0.29) is 44.0 Å². The highest BCUT2D eigenvalue weighted by Gasteiger charge is 2.41. The number of fused-ring (bicyclic) bond motifs is 1. The zero-order valence-electron chi connectivity index (χ0n) is 18.4. The number of rotatable bonds is 6. The highest BCUT2D eigenvalue weighted by molar-refractivity contribution is 6.05. The maximum absolute atomic E-state index is 14.3. The molecule has 3 heterocycles. The van der Waals surface area contributed by atoms with E-state index in [1.165, 1.54) is 23.2 Å². The van der Waals surface area contributed by atoms with Gasteiger partial charge in [-0.1, -0.05) is 32.0 Å². The van der Waals surface area contributed by atoms with Gasteiger partial charge in [-0.05, 0) is 42.2 Å². The van der Waals surface area contributed by atoms with Crippen molar-refractivity contribution in [3.8, 4) is 0 Å². The van der Waals surface area contributed by atoms with Gasteiger partial charge >= 0.3 is 5.92 Å². The van der Waals surface area contributed by atoms with Crippen molar-refractivity contribution in [3.05, 3.63) is 65.0 Å². The summed E-state index contributed by atoms with van der Waals surface area (Å²) in [5, 5.41) is 2.24. The molecule has 1 saturated heterocycles. The highest BCUT2D eigenvalue weighted by Crippen LogP contribution is 2.31. The molecule has 1 fully saturated rings. The second-order valence-electron chi connectivity index (χ2n) is 7.60. The molecular weight excluding hydrogens is 432 g/mol. The number of aromatic nitrogens is 1. The van der Waals surface area contributed by atoms with Crippen molar-refractivity contribution < 1.29 is 28.0 Å². The minimum absolute atomic E-state index is 0.0845. The third kappa shape index (κ3) is 4.97. The number of hydrogen-bond acceptors (Lipinski definition) is 5. The number of nitrogens with zero attached hydrogens (tertiary/aromatic N) is 2. The Bertz CT molecular complexity index is 1070. The first kappa shape index (κ1) is 24.2. The predicted molar refractivity (Wildman–Crippen MR) is 115 cm³/mol. The van der Waals surface area contributed by atoms with Gasteiger partial charge in [0, 0.05) is 31.1 Å². The van der Waals surface area contributed by atoms with E-state index in [9.17, 15) is 28.0 Å². The van der Waals surface area contributed by atoms with E-state index in [1.807, 2.05) is 13.8 Å². The summed E-state index contributed by atoms with van der Waals surface area (Å²) in [7, 11) is 0. The molecule has 4 rings (SSSR count). The molecule has 1 aromatic carbocycles. The zero-order chi connectivity index (χ0) is 24.2. The highest BCUT2D eigenvalue weighted by atomic mass is 19.3. The van der Waals surface area contributed by atoms with Crippen LogP contribution in [0.3, 0.4) is 0 Å². The number of alkyl halides is 2. The predicted octanol–water partition coefficient (Wildman–Crippen LogP) is 3.16. The molecule has 9 heteroatoms. The van der Waals surface area contributed by atoms with Gasteiger partial charge in [-0.3, -0.25) is 29.5 Å². The Kier molecular flexibility index (Phi) is 7.30. The van der Waals surface area contributed by atoms with Crippen LogP contribution in [0.4, 0.5) is 8.78 Å². The molecule has 0 radical (unpaired) electrons. The van der Waals surface area contributed by atoms with Gasteiger partial charge in [-0.15, -0.1) is 0 Å². The van der Waals surface area contributed by atoms with Crippen LogP contribution in [-0.2, 0) is 33.3 Å². The summed E-state index contributed by atoms with van der Waals surface area (Å²) in [5.74, 6) is -6.07. The Morgan fingerprint density at radius 2 is 1.94 bits per heavy atom. The van der Waals surface area contributed by atoms with E-state index in [0.29, 0.717) is 16.7 Å². The van der Waals surface area contributed by atoms with Crippen LogP contribution in [0.1, 0.15) is 60.3 Å². The molecule has 0 saturated carbocycles. The van der Waals surface area contributed by atoms with Crippen molar-refractivity contribution in [1.82, 2.24) is 15.2 Å². The van der Waals surface area contributed by atoms with Crippen LogP contribution in [0.2, 0.25) is 0 Å². The first-order chi connectivity index (χ1) is 15.8. The maximum Gasteiger partial charge on any atom is 0.346 e. The lowest BCUT2D eigenvalue weighted by atomic mass is 9.99. The number of aryl methyl sites for hydroxylation is 1. The van der Waals surface area contributed by atoms with Crippen LogP contribution in [0, 0.1) is 0 Å². The first-order valence-electron chi connectivity index (χ1n) is 10.9. The first-order valence-corrected chi connectivity index (χ1v) is 10.9. The molecule has 2 aliphatic heterocycles. The van der Waals surface area contributed by atoms with Gasteiger partial charge in [0.05, 0.1) is 0 Å². The molecule has 1 atom stereocenters. The largest absolute Gasteiger partial charge is 0.346 e. The van der Waals surface area contributed by atoms with Gasteiger partial charge in [0.2, 0.25) is 17.6 Å². The standard InChI is InChI=1S/C22H19F2N3O4.C2H6/c23-22(24,17-3-1-2-10-25-17)18(28)8-5-13-4-6-15-14(11-13)12-27(21(15)31)16-7-9-19(29)26-20(16)30;1-2/h1-4,6,10-11,16H,5,7-9,12H2,(H,26,29,30);1-2H3. The summed E-state index contributed by atoms with van der Waals surface area (Å²) in [6.07, 6.45) is 1.33. The van der Waals surface area contributed by atoms with Crippen molar-refractivity contribution in [2.45, 2.75) is 58.0 Å². The minimum Gasteiger partial charge on any atom is -0.322 e. The van der Waals surface area contributed by atoms with E-state index >= 15 is 0 Å². The van der Waals surface area contributed by atoms with Crippen LogP contribution in [0.25, 0.3) is 0 Å². The molecule has 0 bridgehead atoms. The third-order valence-electron chi connectivity index (χ3n) is 5.57. The van der Waals surface area contributed by atoms with Crippen molar-refractivity contribution in [1.29, 1.82) is 0 Å². The summed E-state index contributed by atoms with van der Waals surface area (Å²) in [4.78, 5) is 53.3. The number of hydrogen-bond donors (Lipinski definition) is 1. The fourth-order valence-electron chi connectivity index (χ4n) is 3.89. The summed E-state index contributed by atoms with van der Waals surface area (Å²) in [6, 6.07) is 8.19. The number of amides is 3. The number of ketones is 1. The lowest BCUT2D eigenvalue weighted by Gasteiger charge is -2.29. The van der Waals surface area contributed by atoms with Gasteiger partial charge in [-0.2, -0.15) is 8.78 Å². The van der Waals surface area contributed by atoms with Gasteiger partial charge < -0.3 is 4.90 Å². The third-order valence-corrected chi connectivity index (χ3v) is 5.57. The van der Waals surface area contributed by atoms with Crippen LogP contribution in [0.5, 0.6) is 0 Å². The Hall–Kier alpha value is -3.49. The average molecular weight is 457 g/mol.